The molecule has 1 atom stereocenters. The fraction of sp³-hybridized carbons (Fsp3) is 0.474. The van der Waals surface area contributed by atoms with Crippen LogP contribution in [0.15, 0.2) is 40.5 Å². The van der Waals surface area contributed by atoms with E-state index in [1.54, 1.807) is 11.8 Å². The standard InChI is InChI=1S/C19H27N3O2S/c1-6-12-25-19-20-13(3)16(18(23)24-7-2)17(21-19)14-8-10-15(11-9-14)22(4)5/h8-11,17H,6-7,12H2,1-5H3,(H,20,21)/t17-/m0/s1. The number of benzene rings is 1. The van der Waals surface area contributed by atoms with Gasteiger partial charge in [0.2, 0.25) is 0 Å². The Labute approximate surface area is 154 Å². The number of amidine groups is 1. The molecule has 136 valence electrons. The number of hydrogen-bond acceptors (Lipinski definition) is 6. The van der Waals surface area contributed by atoms with Crippen LogP contribution in [0.1, 0.15) is 38.8 Å². The van der Waals surface area contributed by atoms with Gasteiger partial charge in [-0.25, -0.2) is 9.79 Å². The Bertz CT molecular complexity index is 666. The van der Waals surface area contributed by atoms with Gasteiger partial charge in [0.1, 0.15) is 6.04 Å². The third kappa shape index (κ3) is 4.78. The van der Waals surface area contributed by atoms with E-state index in [-0.39, 0.29) is 12.0 Å². The Hall–Kier alpha value is -1.95. The summed E-state index contributed by atoms with van der Waals surface area (Å²) in [4.78, 5) is 19.3. The highest BCUT2D eigenvalue weighted by molar-refractivity contribution is 8.13. The van der Waals surface area contributed by atoms with Crippen LogP contribution in [0.2, 0.25) is 0 Å². The zero-order valence-electron chi connectivity index (χ0n) is 15.6. The number of allylic oxidation sites excluding steroid dienone is 1. The normalized spacial score (nSPS) is 17.0. The van der Waals surface area contributed by atoms with E-state index >= 15 is 0 Å². The lowest BCUT2D eigenvalue weighted by molar-refractivity contribution is -0.138. The number of carbonyl (C=O) groups excluding carboxylic acids is 1. The van der Waals surface area contributed by atoms with E-state index in [2.05, 4.69) is 12.2 Å². The van der Waals surface area contributed by atoms with Crippen LogP contribution < -0.4 is 10.2 Å². The molecule has 0 amide bonds. The molecule has 0 fully saturated rings. The van der Waals surface area contributed by atoms with E-state index < -0.39 is 0 Å². The van der Waals surface area contributed by atoms with Gasteiger partial charge in [-0.1, -0.05) is 30.8 Å². The molecule has 25 heavy (non-hydrogen) atoms. The molecule has 0 unspecified atom stereocenters. The maximum absolute atomic E-state index is 12.5. The zero-order chi connectivity index (χ0) is 18.4. The molecule has 1 aromatic rings. The van der Waals surface area contributed by atoms with Crippen molar-refractivity contribution in [2.45, 2.75) is 33.2 Å². The first-order valence-electron chi connectivity index (χ1n) is 8.60. The first kappa shape index (κ1) is 19.4. The van der Waals surface area contributed by atoms with Gasteiger partial charge in [-0.2, -0.15) is 0 Å². The van der Waals surface area contributed by atoms with E-state index in [1.165, 1.54) is 0 Å². The summed E-state index contributed by atoms with van der Waals surface area (Å²) in [6.07, 6.45) is 1.07. The molecule has 0 aromatic heterocycles. The van der Waals surface area contributed by atoms with E-state index in [0.717, 1.165) is 34.3 Å². The Morgan fingerprint density at radius 3 is 2.52 bits per heavy atom. The molecule has 1 aliphatic heterocycles. The van der Waals surface area contributed by atoms with Gasteiger partial charge in [-0.05, 0) is 38.0 Å². The topological polar surface area (TPSA) is 53.9 Å². The molecule has 1 aromatic carbocycles. The van der Waals surface area contributed by atoms with Crippen molar-refractivity contribution in [2.75, 3.05) is 31.4 Å². The molecule has 6 heteroatoms. The van der Waals surface area contributed by atoms with E-state index in [4.69, 9.17) is 9.73 Å². The first-order chi connectivity index (χ1) is 12.0. The fourth-order valence-electron chi connectivity index (χ4n) is 2.59. The number of nitrogens with zero attached hydrogens (tertiary/aromatic N) is 2. The van der Waals surface area contributed by atoms with Gasteiger partial charge in [0.05, 0.1) is 12.2 Å². The van der Waals surface area contributed by atoms with Crippen molar-refractivity contribution in [2.24, 2.45) is 4.99 Å². The van der Waals surface area contributed by atoms with Crippen LogP contribution in [0.3, 0.4) is 0 Å². The number of esters is 1. The number of carbonyl (C=O) groups is 1. The molecule has 2 rings (SSSR count). The van der Waals surface area contributed by atoms with Crippen LogP contribution in [0.25, 0.3) is 0 Å². The maximum Gasteiger partial charge on any atom is 0.338 e. The second kappa shape index (κ2) is 8.94. The fourth-order valence-corrected chi connectivity index (χ4v) is 3.39. The van der Waals surface area contributed by atoms with Gasteiger partial charge in [-0.3, -0.25) is 0 Å². The van der Waals surface area contributed by atoms with E-state index in [9.17, 15) is 4.79 Å². The highest BCUT2D eigenvalue weighted by Gasteiger charge is 2.30. The average Bonchev–Trinajstić information content (AvgIpc) is 2.59. The monoisotopic (exact) mass is 361 g/mol. The van der Waals surface area contributed by atoms with Crippen molar-refractivity contribution in [1.29, 1.82) is 0 Å². The van der Waals surface area contributed by atoms with Crippen LogP contribution in [-0.4, -0.2) is 37.6 Å². The van der Waals surface area contributed by atoms with Crippen molar-refractivity contribution < 1.29 is 9.53 Å². The molecule has 0 aliphatic carbocycles. The number of anilines is 1. The van der Waals surface area contributed by atoms with Gasteiger partial charge < -0.3 is 15.0 Å². The minimum atomic E-state index is -0.337. The molecule has 1 N–H and O–H groups in total. The molecule has 5 nitrogen and oxygen atoms in total. The third-order valence-electron chi connectivity index (χ3n) is 3.88. The zero-order valence-corrected chi connectivity index (χ0v) is 16.4. The van der Waals surface area contributed by atoms with Crippen LogP contribution in [0, 0.1) is 0 Å². The molecule has 0 bridgehead atoms. The van der Waals surface area contributed by atoms with E-state index in [1.807, 2.05) is 57.1 Å². The summed E-state index contributed by atoms with van der Waals surface area (Å²) in [7, 11) is 4.01. The van der Waals surface area contributed by atoms with E-state index in [0.29, 0.717) is 12.2 Å². The molecule has 0 saturated heterocycles. The molecular formula is C19H27N3O2S. The number of hydrogen-bond donors (Lipinski definition) is 1. The Balaban J connectivity index is 2.39. The second-order valence-corrected chi connectivity index (χ2v) is 7.14. The molecule has 0 spiro atoms. The highest BCUT2D eigenvalue weighted by Crippen LogP contribution is 2.33. The molecule has 1 aliphatic rings. The average molecular weight is 362 g/mol. The summed E-state index contributed by atoms with van der Waals surface area (Å²) in [5, 5.41) is 4.11. The lowest BCUT2D eigenvalue weighted by Gasteiger charge is -2.26. The summed E-state index contributed by atoms with van der Waals surface area (Å²) in [6, 6.07) is 7.82. The number of rotatable bonds is 6. The van der Waals surface area contributed by atoms with Crippen LogP contribution in [-0.2, 0) is 9.53 Å². The van der Waals surface area contributed by atoms with Gasteiger partial charge in [0.25, 0.3) is 0 Å². The summed E-state index contributed by atoms with van der Waals surface area (Å²) in [6.45, 7) is 6.22. The van der Waals surface area contributed by atoms with Gasteiger partial charge >= 0.3 is 5.97 Å². The smallest absolute Gasteiger partial charge is 0.338 e. The summed E-state index contributed by atoms with van der Waals surface area (Å²) in [5.41, 5.74) is 3.50. The minimum absolute atomic E-state index is 0.308. The Morgan fingerprint density at radius 2 is 1.96 bits per heavy atom. The van der Waals surface area contributed by atoms with Gasteiger partial charge in [0, 0.05) is 31.2 Å². The van der Waals surface area contributed by atoms with Crippen LogP contribution >= 0.6 is 11.8 Å². The molecular weight excluding hydrogens is 334 g/mol. The lowest BCUT2D eigenvalue weighted by atomic mass is 9.96. The highest BCUT2D eigenvalue weighted by atomic mass is 32.2. The van der Waals surface area contributed by atoms with Crippen LogP contribution in [0.4, 0.5) is 5.69 Å². The Morgan fingerprint density at radius 1 is 1.28 bits per heavy atom. The molecule has 1 heterocycles. The third-order valence-corrected chi connectivity index (χ3v) is 4.97. The van der Waals surface area contributed by atoms with Crippen LogP contribution in [0.5, 0.6) is 0 Å². The lowest BCUT2D eigenvalue weighted by Crippen LogP contribution is -2.30. The number of nitrogens with one attached hydrogen (secondary N) is 1. The number of aliphatic imine (C=N–C) groups is 1. The van der Waals surface area contributed by atoms with Crippen molar-refractivity contribution in [3.05, 3.63) is 41.1 Å². The summed E-state index contributed by atoms with van der Waals surface area (Å²) < 4.78 is 5.26. The molecule has 0 radical (unpaired) electrons. The SMILES string of the molecule is CCCSC1=N[C@@H](c2ccc(N(C)C)cc2)C(C(=O)OCC)=C(C)N1. The van der Waals surface area contributed by atoms with Gasteiger partial charge in [-0.15, -0.1) is 0 Å². The number of thioether (sulfide) groups is 1. The first-order valence-corrected chi connectivity index (χ1v) is 9.59. The quantitative estimate of drug-likeness (QED) is 0.783. The Kier molecular flexibility index (Phi) is 6.93. The minimum Gasteiger partial charge on any atom is -0.463 e. The largest absolute Gasteiger partial charge is 0.463 e. The van der Waals surface area contributed by atoms with Crippen molar-refractivity contribution in [3.8, 4) is 0 Å². The second-order valence-electron chi connectivity index (χ2n) is 6.06. The summed E-state index contributed by atoms with van der Waals surface area (Å²) >= 11 is 1.68. The number of ether oxygens (including phenoxy) is 1. The van der Waals surface area contributed by atoms with Gasteiger partial charge in [0.15, 0.2) is 5.17 Å². The molecule has 0 saturated carbocycles. The predicted molar refractivity (Wildman–Crippen MR) is 106 cm³/mol. The van der Waals surface area contributed by atoms with Crippen molar-refractivity contribution in [1.82, 2.24) is 5.32 Å². The van der Waals surface area contributed by atoms with Crippen molar-refractivity contribution in [3.63, 3.8) is 0 Å². The summed E-state index contributed by atoms with van der Waals surface area (Å²) in [5.74, 6) is 0.678. The maximum atomic E-state index is 12.5. The van der Waals surface area contributed by atoms with Crippen molar-refractivity contribution >= 4 is 28.6 Å². The predicted octanol–water partition coefficient (Wildman–Crippen LogP) is 3.73.